The lowest BCUT2D eigenvalue weighted by atomic mass is 10.0. The normalized spacial score (nSPS) is 12.7. The molecule has 0 saturated carbocycles. The summed E-state index contributed by atoms with van der Waals surface area (Å²) >= 11 is 0. The van der Waals surface area contributed by atoms with Crippen molar-refractivity contribution >= 4 is 11.6 Å². The number of alkyl halides is 3. The Morgan fingerprint density at radius 2 is 1.84 bits per heavy atom. The van der Waals surface area contributed by atoms with E-state index in [1.807, 2.05) is 19.1 Å². The Hall–Kier alpha value is -3.82. The van der Waals surface area contributed by atoms with Crippen molar-refractivity contribution in [3.63, 3.8) is 0 Å². The van der Waals surface area contributed by atoms with Crippen LogP contribution in [-0.4, -0.2) is 25.5 Å². The molecular weight excluding hydrogens is 426 g/mol. The fourth-order valence-electron chi connectivity index (χ4n) is 3.17. The SMILES string of the molecule is Cc1ccc(-c2cc(C(=O)N[C@H](C)c3ccc(F)cn3)cn3nc(C(F)(F)F)nc23)cc1. The van der Waals surface area contributed by atoms with Crippen molar-refractivity contribution in [1.29, 1.82) is 0 Å². The molecule has 1 amide bonds. The summed E-state index contributed by atoms with van der Waals surface area (Å²) < 4.78 is 53.7. The van der Waals surface area contributed by atoms with Gasteiger partial charge >= 0.3 is 6.18 Å². The quantitative estimate of drug-likeness (QED) is 0.462. The zero-order valence-electron chi connectivity index (χ0n) is 17.0. The minimum absolute atomic E-state index is 0.0222. The maximum Gasteiger partial charge on any atom is 0.453 e. The topological polar surface area (TPSA) is 72.2 Å². The van der Waals surface area contributed by atoms with Crippen LogP contribution < -0.4 is 5.32 Å². The van der Waals surface area contributed by atoms with E-state index >= 15 is 0 Å². The summed E-state index contributed by atoms with van der Waals surface area (Å²) in [5, 5.41) is 6.24. The van der Waals surface area contributed by atoms with Crippen LogP contribution in [0.4, 0.5) is 17.6 Å². The van der Waals surface area contributed by atoms with Crippen LogP contribution in [0.2, 0.25) is 0 Å². The maximum atomic E-state index is 13.2. The molecule has 1 N–H and O–H groups in total. The number of hydrogen-bond acceptors (Lipinski definition) is 4. The van der Waals surface area contributed by atoms with E-state index in [1.165, 1.54) is 24.4 Å². The van der Waals surface area contributed by atoms with Crippen molar-refractivity contribution < 1.29 is 22.4 Å². The molecule has 164 valence electrons. The number of fused-ring (bicyclic) bond motifs is 1. The first kappa shape index (κ1) is 21.4. The zero-order valence-corrected chi connectivity index (χ0v) is 17.0. The minimum Gasteiger partial charge on any atom is -0.344 e. The fourth-order valence-corrected chi connectivity index (χ4v) is 3.17. The van der Waals surface area contributed by atoms with Gasteiger partial charge in [-0.1, -0.05) is 29.8 Å². The summed E-state index contributed by atoms with van der Waals surface area (Å²) in [6.45, 7) is 3.54. The fraction of sp³-hybridized carbons (Fsp3) is 0.182. The summed E-state index contributed by atoms with van der Waals surface area (Å²) in [5.74, 6) is -2.36. The molecule has 0 saturated heterocycles. The van der Waals surface area contributed by atoms with Crippen LogP contribution in [0.25, 0.3) is 16.8 Å². The van der Waals surface area contributed by atoms with Gasteiger partial charge in [-0.2, -0.15) is 13.2 Å². The molecule has 0 aliphatic heterocycles. The van der Waals surface area contributed by atoms with E-state index in [1.54, 1.807) is 19.1 Å². The van der Waals surface area contributed by atoms with Crippen LogP contribution >= 0.6 is 0 Å². The first-order valence-electron chi connectivity index (χ1n) is 9.59. The lowest BCUT2D eigenvalue weighted by molar-refractivity contribution is -0.144. The van der Waals surface area contributed by atoms with Crippen molar-refractivity contribution in [3.8, 4) is 11.1 Å². The smallest absolute Gasteiger partial charge is 0.344 e. The average Bonchev–Trinajstić information content (AvgIpc) is 3.19. The Kier molecular flexibility index (Phi) is 5.37. The summed E-state index contributed by atoms with van der Waals surface area (Å²) in [6, 6.07) is 10.6. The largest absolute Gasteiger partial charge is 0.453 e. The summed E-state index contributed by atoms with van der Waals surface area (Å²) in [6.07, 6.45) is -2.51. The predicted molar refractivity (Wildman–Crippen MR) is 108 cm³/mol. The number of carbonyl (C=O) groups is 1. The molecule has 0 spiro atoms. The number of aromatic nitrogens is 4. The van der Waals surface area contributed by atoms with Gasteiger partial charge < -0.3 is 5.32 Å². The Bertz CT molecular complexity index is 1280. The van der Waals surface area contributed by atoms with E-state index in [2.05, 4.69) is 20.4 Å². The van der Waals surface area contributed by atoms with Gasteiger partial charge in [0.25, 0.3) is 11.7 Å². The van der Waals surface area contributed by atoms with Crippen molar-refractivity contribution in [1.82, 2.24) is 24.9 Å². The highest BCUT2D eigenvalue weighted by Gasteiger charge is 2.36. The third kappa shape index (κ3) is 4.29. The number of carbonyl (C=O) groups excluding carboxylic acids is 1. The molecule has 0 fully saturated rings. The van der Waals surface area contributed by atoms with Crippen molar-refractivity contribution in [3.05, 3.63) is 83.3 Å². The molecule has 1 atom stereocenters. The second kappa shape index (κ2) is 8.03. The van der Waals surface area contributed by atoms with Crippen LogP contribution in [0.5, 0.6) is 0 Å². The van der Waals surface area contributed by atoms with E-state index in [0.29, 0.717) is 16.8 Å². The van der Waals surface area contributed by atoms with Gasteiger partial charge in [0.2, 0.25) is 0 Å². The lowest BCUT2D eigenvalue weighted by Crippen LogP contribution is -2.27. The van der Waals surface area contributed by atoms with Gasteiger partial charge in [-0.25, -0.2) is 13.9 Å². The van der Waals surface area contributed by atoms with Gasteiger partial charge in [0.05, 0.1) is 23.5 Å². The van der Waals surface area contributed by atoms with Gasteiger partial charge in [-0.05, 0) is 37.6 Å². The lowest BCUT2D eigenvalue weighted by Gasteiger charge is -2.14. The third-order valence-corrected chi connectivity index (χ3v) is 4.85. The Labute approximate surface area is 179 Å². The molecule has 0 aliphatic carbocycles. The second-order valence-electron chi connectivity index (χ2n) is 7.31. The molecule has 4 aromatic rings. The average molecular weight is 443 g/mol. The van der Waals surface area contributed by atoms with Crippen molar-refractivity contribution in [2.45, 2.75) is 26.1 Å². The van der Waals surface area contributed by atoms with Crippen LogP contribution in [0.15, 0.2) is 54.9 Å². The zero-order chi connectivity index (χ0) is 23.0. The minimum atomic E-state index is -4.73. The summed E-state index contributed by atoms with van der Waals surface area (Å²) in [7, 11) is 0. The molecular formula is C22H17F4N5O. The number of nitrogens with zero attached hydrogens (tertiary/aromatic N) is 4. The van der Waals surface area contributed by atoms with E-state index in [9.17, 15) is 22.4 Å². The summed E-state index contributed by atoms with van der Waals surface area (Å²) in [5.41, 5.74) is 2.38. The molecule has 6 nitrogen and oxygen atoms in total. The van der Waals surface area contributed by atoms with Gasteiger partial charge in [-0.3, -0.25) is 9.78 Å². The Balaban J connectivity index is 1.76. The molecule has 10 heteroatoms. The van der Waals surface area contributed by atoms with Crippen LogP contribution in [0, 0.1) is 12.7 Å². The van der Waals surface area contributed by atoms with Gasteiger partial charge in [-0.15, -0.1) is 5.10 Å². The molecule has 3 heterocycles. The molecule has 0 radical (unpaired) electrons. The van der Waals surface area contributed by atoms with E-state index < -0.39 is 29.8 Å². The summed E-state index contributed by atoms with van der Waals surface area (Å²) in [4.78, 5) is 20.5. The van der Waals surface area contributed by atoms with Crippen LogP contribution in [-0.2, 0) is 6.18 Å². The number of nitrogens with one attached hydrogen (secondary N) is 1. The first-order chi connectivity index (χ1) is 15.1. The first-order valence-corrected chi connectivity index (χ1v) is 9.59. The van der Waals surface area contributed by atoms with Gasteiger partial charge in [0, 0.05) is 11.8 Å². The number of hydrogen-bond donors (Lipinski definition) is 1. The molecule has 4 rings (SSSR count). The van der Waals surface area contributed by atoms with Crippen LogP contribution in [0.3, 0.4) is 0 Å². The molecule has 1 aromatic carbocycles. The number of benzene rings is 1. The third-order valence-electron chi connectivity index (χ3n) is 4.85. The van der Waals surface area contributed by atoms with Gasteiger partial charge in [0.1, 0.15) is 5.82 Å². The number of aryl methyl sites for hydroxylation is 1. The van der Waals surface area contributed by atoms with Gasteiger partial charge in [0.15, 0.2) is 5.65 Å². The monoisotopic (exact) mass is 443 g/mol. The standard InChI is InChI=1S/C22H17F4N5O/c1-12-3-5-14(6-4-12)17-9-15(11-31-19(17)29-21(30-31)22(24,25)26)20(32)28-13(2)18-8-7-16(23)10-27-18/h3-11,13H,1-2H3,(H,28,32)/t13-/m1/s1. The highest BCUT2D eigenvalue weighted by Crippen LogP contribution is 2.30. The van der Waals surface area contributed by atoms with E-state index in [-0.39, 0.29) is 11.2 Å². The maximum absolute atomic E-state index is 13.2. The number of rotatable bonds is 4. The van der Waals surface area contributed by atoms with Crippen LogP contribution in [0.1, 0.15) is 40.4 Å². The Morgan fingerprint density at radius 1 is 1.12 bits per heavy atom. The molecule has 0 bridgehead atoms. The Morgan fingerprint density at radius 3 is 2.47 bits per heavy atom. The van der Waals surface area contributed by atoms with E-state index in [0.717, 1.165) is 16.3 Å². The molecule has 32 heavy (non-hydrogen) atoms. The molecule has 0 aliphatic rings. The van der Waals surface area contributed by atoms with E-state index in [4.69, 9.17) is 0 Å². The number of pyridine rings is 2. The molecule has 0 unspecified atom stereocenters. The number of halogens is 4. The van der Waals surface area contributed by atoms with Crippen molar-refractivity contribution in [2.24, 2.45) is 0 Å². The predicted octanol–water partition coefficient (Wildman–Crippen LogP) is 4.75. The molecule has 3 aromatic heterocycles. The number of amides is 1. The highest BCUT2D eigenvalue weighted by atomic mass is 19.4. The van der Waals surface area contributed by atoms with Crippen molar-refractivity contribution in [2.75, 3.05) is 0 Å². The highest BCUT2D eigenvalue weighted by molar-refractivity contribution is 5.96. The second-order valence-corrected chi connectivity index (χ2v) is 7.31.